The van der Waals surface area contributed by atoms with E-state index in [2.05, 4.69) is 40.3 Å². The molecule has 28 heavy (non-hydrogen) atoms. The second-order valence-electron chi connectivity index (χ2n) is 7.61. The van der Waals surface area contributed by atoms with E-state index in [0.29, 0.717) is 19.4 Å². The molecule has 0 unspecified atom stereocenters. The molecule has 2 saturated heterocycles. The predicted molar refractivity (Wildman–Crippen MR) is 115 cm³/mol. The topological polar surface area (TPSA) is 69.9 Å². The summed E-state index contributed by atoms with van der Waals surface area (Å²) in [7, 11) is 0. The molecule has 0 spiro atoms. The Hall–Kier alpha value is -1.73. The van der Waals surface area contributed by atoms with Crippen molar-refractivity contribution < 1.29 is 9.59 Å². The summed E-state index contributed by atoms with van der Waals surface area (Å²) >= 11 is 1.80. The minimum Gasteiger partial charge on any atom is -0.368 e. The summed E-state index contributed by atoms with van der Waals surface area (Å²) in [5.41, 5.74) is 6.75. The number of para-hydroxylation sites is 1. The van der Waals surface area contributed by atoms with E-state index in [9.17, 15) is 9.59 Å². The monoisotopic (exact) mass is 404 g/mol. The number of primary amides is 1. The van der Waals surface area contributed by atoms with E-state index in [4.69, 9.17) is 5.73 Å². The maximum absolute atomic E-state index is 12.4. The van der Waals surface area contributed by atoms with Gasteiger partial charge in [0.1, 0.15) is 6.04 Å². The molecule has 2 aliphatic heterocycles. The molecule has 0 aromatic heterocycles. The van der Waals surface area contributed by atoms with Crippen LogP contribution in [0.2, 0.25) is 0 Å². The molecule has 0 saturated carbocycles. The molecule has 1 aromatic rings. The minimum atomic E-state index is -0.385. The molecule has 2 amide bonds. The molecule has 2 aliphatic rings. The number of unbranched alkanes of at least 4 members (excludes halogenated alkanes) is 1. The van der Waals surface area contributed by atoms with Crippen molar-refractivity contribution in [1.82, 2.24) is 9.80 Å². The summed E-state index contributed by atoms with van der Waals surface area (Å²) in [5.74, 6) is -0.286. The van der Waals surface area contributed by atoms with Crippen LogP contribution in [0.3, 0.4) is 0 Å². The Bertz CT molecular complexity index is 676. The van der Waals surface area contributed by atoms with Crippen molar-refractivity contribution in [3.63, 3.8) is 0 Å². The normalized spacial score (nSPS) is 20.5. The van der Waals surface area contributed by atoms with E-state index in [0.717, 1.165) is 52.0 Å². The van der Waals surface area contributed by atoms with Gasteiger partial charge in [-0.2, -0.15) is 0 Å². The molecular weight excluding hydrogens is 372 g/mol. The number of hydrogen-bond acceptors (Lipinski definition) is 5. The quantitative estimate of drug-likeness (QED) is 0.531. The third-order valence-corrected chi connectivity index (χ3v) is 6.60. The number of piperazine rings is 1. The van der Waals surface area contributed by atoms with Crippen molar-refractivity contribution in [2.45, 2.75) is 43.0 Å². The highest BCUT2D eigenvalue weighted by Gasteiger charge is 2.32. The van der Waals surface area contributed by atoms with Gasteiger partial charge < -0.3 is 15.5 Å². The van der Waals surface area contributed by atoms with E-state index < -0.39 is 0 Å². The van der Waals surface area contributed by atoms with Gasteiger partial charge in [-0.15, -0.1) is 11.8 Å². The van der Waals surface area contributed by atoms with Crippen LogP contribution >= 0.6 is 11.8 Å². The number of hydrogen-bond donors (Lipinski definition) is 1. The molecular formula is C21H32N4O2S. The van der Waals surface area contributed by atoms with E-state index in [1.807, 2.05) is 0 Å². The lowest BCUT2D eigenvalue weighted by atomic mass is 10.1. The van der Waals surface area contributed by atoms with Gasteiger partial charge in [-0.05, 0) is 50.6 Å². The SMILES string of the molecule is CSc1ccccc1N1CCN(CCCCC(=O)N2CCC[C@H]2C(N)=O)CC1. The number of thioether (sulfide) groups is 1. The molecule has 0 aliphatic carbocycles. The predicted octanol–water partition coefficient (Wildman–Crippen LogP) is 2.18. The van der Waals surface area contributed by atoms with Crippen LogP contribution in [0.4, 0.5) is 5.69 Å². The standard InChI is InChI=1S/C21H32N4O2S/c1-28-19-9-3-2-7-17(19)24-15-13-23(14-16-24)11-5-4-10-20(26)25-12-6-8-18(25)21(22)27/h2-3,7,9,18H,4-6,8,10-16H2,1H3,(H2,22,27)/t18-/m0/s1. The van der Waals surface area contributed by atoms with Gasteiger partial charge in [-0.3, -0.25) is 14.5 Å². The zero-order chi connectivity index (χ0) is 19.9. The Morgan fingerprint density at radius 1 is 1.11 bits per heavy atom. The Balaban J connectivity index is 1.36. The highest BCUT2D eigenvalue weighted by Crippen LogP contribution is 2.29. The highest BCUT2D eigenvalue weighted by molar-refractivity contribution is 7.98. The van der Waals surface area contributed by atoms with Gasteiger partial charge in [0.05, 0.1) is 5.69 Å². The first-order chi connectivity index (χ1) is 13.6. The Kier molecular flexibility index (Phi) is 7.62. The van der Waals surface area contributed by atoms with E-state index >= 15 is 0 Å². The van der Waals surface area contributed by atoms with Gasteiger partial charge >= 0.3 is 0 Å². The van der Waals surface area contributed by atoms with Crippen LogP contribution in [0, 0.1) is 0 Å². The maximum Gasteiger partial charge on any atom is 0.240 e. The molecule has 0 radical (unpaired) electrons. The lowest BCUT2D eigenvalue weighted by molar-refractivity contribution is -0.137. The van der Waals surface area contributed by atoms with Gasteiger partial charge in [0.25, 0.3) is 0 Å². The van der Waals surface area contributed by atoms with Crippen molar-refractivity contribution in [3.8, 4) is 0 Å². The summed E-state index contributed by atoms with van der Waals surface area (Å²) in [6.45, 7) is 5.92. The third-order valence-electron chi connectivity index (χ3n) is 5.81. The van der Waals surface area contributed by atoms with Crippen LogP contribution in [0.5, 0.6) is 0 Å². The van der Waals surface area contributed by atoms with Gasteiger partial charge in [0.15, 0.2) is 0 Å². The first kappa shape index (κ1) is 21.0. The molecule has 1 atom stereocenters. The second-order valence-corrected chi connectivity index (χ2v) is 8.45. The van der Waals surface area contributed by atoms with E-state index in [1.54, 1.807) is 16.7 Å². The molecule has 6 nitrogen and oxygen atoms in total. The van der Waals surface area contributed by atoms with Crippen LogP contribution in [0.1, 0.15) is 32.1 Å². The second kappa shape index (κ2) is 10.2. The number of rotatable bonds is 8. The first-order valence-electron chi connectivity index (χ1n) is 10.3. The van der Waals surface area contributed by atoms with Crippen LogP contribution in [0.15, 0.2) is 29.2 Å². The van der Waals surface area contributed by atoms with Crippen LogP contribution < -0.4 is 10.6 Å². The Morgan fingerprint density at radius 2 is 1.86 bits per heavy atom. The van der Waals surface area contributed by atoms with Gasteiger partial charge in [-0.1, -0.05) is 12.1 Å². The Labute approximate surface area is 172 Å². The number of anilines is 1. The lowest BCUT2D eigenvalue weighted by Crippen LogP contribution is -2.46. The fraction of sp³-hybridized carbons (Fsp3) is 0.619. The molecule has 7 heteroatoms. The summed E-state index contributed by atoms with van der Waals surface area (Å²) in [4.78, 5) is 31.8. The van der Waals surface area contributed by atoms with Gasteiger partial charge in [-0.25, -0.2) is 0 Å². The van der Waals surface area contributed by atoms with Gasteiger partial charge in [0.2, 0.25) is 11.8 Å². The van der Waals surface area contributed by atoms with Crippen molar-refractivity contribution in [2.75, 3.05) is 50.4 Å². The number of likely N-dealkylation sites (tertiary alicyclic amines) is 1. The largest absolute Gasteiger partial charge is 0.368 e. The van der Waals surface area contributed by atoms with Crippen molar-refractivity contribution in [2.24, 2.45) is 5.73 Å². The summed E-state index contributed by atoms with van der Waals surface area (Å²) in [5, 5.41) is 0. The maximum atomic E-state index is 12.4. The minimum absolute atomic E-state index is 0.0831. The van der Waals surface area contributed by atoms with Crippen molar-refractivity contribution in [1.29, 1.82) is 0 Å². The molecule has 0 bridgehead atoms. The zero-order valence-electron chi connectivity index (χ0n) is 16.8. The van der Waals surface area contributed by atoms with E-state index in [-0.39, 0.29) is 17.9 Å². The zero-order valence-corrected chi connectivity index (χ0v) is 17.6. The Morgan fingerprint density at radius 3 is 2.57 bits per heavy atom. The molecule has 2 N–H and O–H groups in total. The third kappa shape index (κ3) is 5.20. The molecule has 154 valence electrons. The fourth-order valence-electron chi connectivity index (χ4n) is 4.22. The van der Waals surface area contributed by atoms with Crippen molar-refractivity contribution in [3.05, 3.63) is 24.3 Å². The van der Waals surface area contributed by atoms with Crippen LogP contribution in [-0.2, 0) is 9.59 Å². The smallest absolute Gasteiger partial charge is 0.240 e. The molecule has 3 rings (SSSR count). The summed E-state index contributed by atoms with van der Waals surface area (Å²) in [6.07, 6.45) is 6.13. The van der Waals surface area contributed by atoms with Crippen LogP contribution in [0.25, 0.3) is 0 Å². The average Bonchev–Trinajstić information content (AvgIpc) is 3.22. The number of carbonyl (C=O) groups excluding carboxylic acids is 2. The summed E-state index contributed by atoms with van der Waals surface area (Å²) in [6, 6.07) is 8.23. The van der Waals surface area contributed by atoms with Gasteiger partial charge in [0, 0.05) is 44.0 Å². The lowest BCUT2D eigenvalue weighted by Gasteiger charge is -2.36. The number of carbonyl (C=O) groups is 2. The number of nitrogens with two attached hydrogens (primary N) is 1. The first-order valence-corrected chi connectivity index (χ1v) is 11.5. The fourth-order valence-corrected chi connectivity index (χ4v) is 4.84. The molecule has 2 heterocycles. The van der Waals surface area contributed by atoms with Crippen molar-refractivity contribution >= 4 is 29.3 Å². The number of amides is 2. The number of benzene rings is 1. The average molecular weight is 405 g/mol. The molecule has 2 fully saturated rings. The van der Waals surface area contributed by atoms with E-state index in [1.165, 1.54) is 10.6 Å². The highest BCUT2D eigenvalue weighted by atomic mass is 32.2. The number of nitrogens with zero attached hydrogens (tertiary/aromatic N) is 3. The summed E-state index contributed by atoms with van der Waals surface area (Å²) < 4.78 is 0. The van der Waals surface area contributed by atoms with Crippen LogP contribution in [-0.4, -0.2) is 73.2 Å². The molecule has 1 aromatic carbocycles.